The van der Waals surface area contributed by atoms with Crippen molar-refractivity contribution in [2.75, 3.05) is 11.9 Å². The highest BCUT2D eigenvalue weighted by atomic mass is 79.9. The third-order valence-electron chi connectivity index (χ3n) is 0.907. The van der Waals surface area contributed by atoms with Crippen molar-refractivity contribution in [1.29, 1.82) is 0 Å². The highest BCUT2D eigenvalue weighted by Gasteiger charge is 1.97. The van der Waals surface area contributed by atoms with Gasteiger partial charge in [-0.3, -0.25) is 0 Å². The Labute approximate surface area is 67.3 Å². The monoisotopic (exact) mass is 243 g/mol. The summed E-state index contributed by atoms with van der Waals surface area (Å²) in [6.45, 7) is 0.743. The molecule has 0 radical (unpaired) electrons. The topological polar surface area (TPSA) is 26.0 Å². The summed E-state index contributed by atoms with van der Waals surface area (Å²) in [6, 6.07) is 0. The summed E-state index contributed by atoms with van der Waals surface area (Å²) in [4.78, 5) is 0.514. The maximum atomic E-state index is 5.35. The van der Waals surface area contributed by atoms with Gasteiger partial charge in [0, 0.05) is 16.7 Å². The zero-order chi connectivity index (χ0) is 6.41. The van der Waals surface area contributed by atoms with Crippen molar-refractivity contribution in [2.24, 2.45) is 5.73 Å². The highest BCUT2D eigenvalue weighted by molar-refractivity contribution is 9.09. The standard InChI is InChI=1S/C5H11Br2N/c6-3-1-2-5(7)4-8/h5H,1-4,8H2/t5-/m1/s1. The summed E-state index contributed by atoms with van der Waals surface area (Å²) >= 11 is 6.78. The van der Waals surface area contributed by atoms with Crippen molar-refractivity contribution >= 4 is 31.9 Å². The van der Waals surface area contributed by atoms with Crippen LogP contribution in [0.1, 0.15) is 12.8 Å². The maximum absolute atomic E-state index is 5.35. The predicted octanol–water partition coefficient (Wildman–Crippen LogP) is 1.88. The van der Waals surface area contributed by atoms with Gasteiger partial charge in [-0.2, -0.15) is 0 Å². The molecule has 50 valence electrons. The third kappa shape index (κ3) is 5.06. The molecule has 0 saturated carbocycles. The van der Waals surface area contributed by atoms with Crippen molar-refractivity contribution < 1.29 is 0 Å². The molecule has 1 atom stereocenters. The molecule has 8 heavy (non-hydrogen) atoms. The number of hydrogen-bond donors (Lipinski definition) is 1. The normalized spacial score (nSPS) is 13.9. The van der Waals surface area contributed by atoms with Crippen LogP contribution in [0, 0.1) is 0 Å². The van der Waals surface area contributed by atoms with Crippen LogP contribution in [0.25, 0.3) is 0 Å². The molecule has 0 amide bonds. The first-order valence-corrected chi connectivity index (χ1v) is 4.75. The zero-order valence-corrected chi connectivity index (χ0v) is 7.91. The first-order chi connectivity index (χ1) is 3.81. The van der Waals surface area contributed by atoms with E-state index in [0.29, 0.717) is 4.83 Å². The molecule has 0 aliphatic heterocycles. The Morgan fingerprint density at radius 2 is 2.12 bits per heavy atom. The van der Waals surface area contributed by atoms with E-state index in [1.807, 2.05) is 0 Å². The lowest BCUT2D eigenvalue weighted by atomic mass is 10.2. The van der Waals surface area contributed by atoms with Crippen LogP contribution in [0.15, 0.2) is 0 Å². The van der Waals surface area contributed by atoms with E-state index in [1.165, 1.54) is 12.8 Å². The van der Waals surface area contributed by atoms with Gasteiger partial charge < -0.3 is 5.73 Å². The van der Waals surface area contributed by atoms with Crippen molar-refractivity contribution in [2.45, 2.75) is 17.7 Å². The SMILES string of the molecule is NC[C@H](Br)CCCBr. The quantitative estimate of drug-likeness (QED) is 0.752. The Hall–Kier alpha value is 0.920. The Balaban J connectivity index is 2.86. The lowest BCUT2D eigenvalue weighted by Crippen LogP contribution is -2.12. The molecule has 0 aliphatic rings. The Morgan fingerprint density at radius 3 is 2.50 bits per heavy atom. The van der Waals surface area contributed by atoms with Gasteiger partial charge in [-0.15, -0.1) is 0 Å². The Bertz CT molecular complexity index is 49.7. The van der Waals surface area contributed by atoms with E-state index in [2.05, 4.69) is 31.9 Å². The van der Waals surface area contributed by atoms with Gasteiger partial charge in [0.2, 0.25) is 0 Å². The second kappa shape index (κ2) is 6.05. The Kier molecular flexibility index (Phi) is 6.74. The number of rotatable bonds is 4. The molecule has 1 nitrogen and oxygen atoms in total. The summed E-state index contributed by atoms with van der Waals surface area (Å²) in [7, 11) is 0. The molecule has 0 bridgehead atoms. The minimum Gasteiger partial charge on any atom is -0.329 e. The number of alkyl halides is 2. The third-order valence-corrected chi connectivity index (χ3v) is 2.30. The highest BCUT2D eigenvalue weighted by Crippen LogP contribution is 2.06. The van der Waals surface area contributed by atoms with Crippen molar-refractivity contribution in [1.82, 2.24) is 0 Å². The smallest absolute Gasteiger partial charge is 0.0268 e. The molecule has 3 heteroatoms. The zero-order valence-electron chi connectivity index (χ0n) is 4.74. The van der Waals surface area contributed by atoms with E-state index < -0.39 is 0 Å². The van der Waals surface area contributed by atoms with Crippen LogP contribution in [-0.4, -0.2) is 16.7 Å². The minimum absolute atomic E-state index is 0.514. The molecule has 0 fully saturated rings. The van der Waals surface area contributed by atoms with E-state index in [4.69, 9.17) is 5.73 Å². The van der Waals surface area contributed by atoms with Crippen LogP contribution in [0.2, 0.25) is 0 Å². The number of hydrogen-bond acceptors (Lipinski definition) is 1. The second-order valence-corrected chi connectivity index (χ2v) is 3.75. The molecular weight excluding hydrogens is 234 g/mol. The van der Waals surface area contributed by atoms with Gasteiger partial charge in [0.1, 0.15) is 0 Å². The molecule has 0 aromatic rings. The predicted molar refractivity (Wildman–Crippen MR) is 44.8 cm³/mol. The fourth-order valence-corrected chi connectivity index (χ4v) is 1.06. The van der Waals surface area contributed by atoms with Crippen LogP contribution < -0.4 is 5.73 Å². The molecule has 0 spiro atoms. The van der Waals surface area contributed by atoms with E-state index >= 15 is 0 Å². The maximum Gasteiger partial charge on any atom is 0.0268 e. The van der Waals surface area contributed by atoms with Gasteiger partial charge in [-0.05, 0) is 12.8 Å². The summed E-state index contributed by atoms with van der Waals surface area (Å²) in [5.41, 5.74) is 5.35. The lowest BCUT2D eigenvalue weighted by molar-refractivity contribution is 0.762. The summed E-state index contributed by atoms with van der Waals surface area (Å²) in [5.74, 6) is 0. The van der Waals surface area contributed by atoms with Gasteiger partial charge in [0.25, 0.3) is 0 Å². The summed E-state index contributed by atoms with van der Waals surface area (Å²) < 4.78 is 0. The average molecular weight is 245 g/mol. The van der Waals surface area contributed by atoms with E-state index in [1.54, 1.807) is 0 Å². The number of nitrogens with two attached hydrogens (primary N) is 1. The Morgan fingerprint density at radius 1 is 1.50 bits per heavy atom. The van der Waals surface area contributed by atoms with Crippen molar-refractivity contribution in [3.8, 4) is 0 Å². The molecule has 0 aliphatic carbocycles. The fraction of sp³-hybridized carbons (Fsp3) is 1.00. The van der Waals surface area contributed by atoms with E-state index in [0.717, 1.165) is 11.9 Å². The molecule has 2 N–H and O–H groups in total. The van der Waals surface area contributed by atoms with Crippen molar-refractivity contribution in [3.63, 3.8) is 0 Å². The van der Waals surface area contributed by atoms with Crippen LogP contribution in [-0.2, 0) is 0 Å². The van der Waals surface area contributed by atoms with Crippen LogP contribution in [0.4, 0.5) is 0 Å². The van der Waals surface area contributed by atoms with Crippen molar-refractivity contribution in [3.05, 3.63) is 0 Å². The first-order valence-electron chi connectivity index (χ1n) is 2.71. The van der Waals surface area contributed by atoms with Gasteiger partial charge in [-0.25, -0.2) is 0 Å². The molecule has 0 aromatic heterocycles. The number of halogens is 2. The summed E-state index contributed by atoms with van der Waals surface area (Å²) in [5, 5.41) is 1.08. The molecule has 0 aromatic carbocycles. The van der Waals surface area contributed by atoms with Crippen LogP contribution >= 0.6 is 31.9 Å². The van der Waals surface area contributed by atoms with Crippen LogP contribution in [0.5, 0.6) is 0 Å². The largest absolute Gasteiger partial charge is 0.329 e. The van der Waals surface area contributed by atoms with E-state index in [9.17, 15) is 0 Å². The van der Waals surface area contributed by atoms with Gasteiger partial charge >= 0.3 is 0 Å². The molecule has 0 saturated heterocycles. The average Bonchev–Trinajstić information content (AvgIpc) is 1.83. The summed E-state index contributed by atoms with van der Waals surface area (Å²) in [6.07, 6.45) is 2.37. The van der Waals surface area contributed by atoms with Crippen LogP contribution in [0.3, 0.4) is 0 Å². The lowest BCUT2D eigenvalue weighted by Gasteiger charge is -2.02. The van der Waals surface area contributed by atoms with Gasteiger partial charge in [0.05, 0.1) is 0 Å². The fourth-order valence-electron chi connectivity index (χ4n) is 0.416. The molecule has 0 heterocycles. The van der Waals surface area contributed by atoms with Gasteiger partial charge in [0.15, 0.2) is 0 Å². The molecule has 0 unspecified atom stereocenters. The molecule has 0 rings (SSSR count). The van der Waals surface area contributed by atoms with Gasteiger partial charge in [-0.1, -0.05) is 31.9 Å². The second-order valence-electron chi connectivity index (χ2n) is 1.66. The minimum atomic E-state index is 0.514. The van der Waals surface area contributed by atoms with E-state index in [-0.39, 0.29) is 0 Å². The molecular formula is C5H11Br2N. The first kappa shape index (κ1) is 8.92.